The Hall–Kier alpha value is -2.12. The van der Waals surface area contributed by atoms with E-state index in [0.717, 1.165) is 25.2 Å². The SMILES string of the molecule is O=C(CN[C@@H]1CCc2ncnn2C1)NCCOc1cccc(Cl)c1. The fourth-order valence-electron chi connectivity index (χ4n) is 2.62. The summed E-state index contributed by atoms with van der Waals surface area (Å²) in [6, 6.07) is 7.43. The van der Waals surface area contributed by atoms with Gasteiger partial charge in [0.25, 0.3) is 0 Å². The number of ether oxygens (including phenoxy) is 1. The van der Waals surface area contributed by atoms with Crippen LogP contribution in [0.25, 0.3) is 0 Å². The lowest BCUT2D eigenvalue weighted by Gasteiger charge is -2.23. The highest BCUT2D eigenvalue weighted by atomic mass is 35.5. The Labute approximate surface area is 145 Å². The number of amides is 1. The van der Waals surface area contributed by atoms with Gasteiger partial charge in [-0.2, -0.15) is 5.10 Å². The van der Waals surface area contributed by atoms with E-state index in [1.807, 2.05) is 16.8 Å². The Bertz CT molecular complexity index is 691. The number of nitrogens with zero attached hydrogens (tertiary/aromatic N) is 3. The summed E-state index contributed by atoms with van der Waals surface area (Å²) in [5, 5.41) is 10.9. The number of fused-ring (bicyclic) bond motifs is 1. The second-order valence-corrected chi connectivity index (χ2v) is 6.07. The largest absolute Gasteiger partial charge is 0.492 e. The van der Waals surface area contributed by atoms with Gasteiger partial charge >= 0.3 is 0 Å². The molecule has 7 nitrogen and oxygen atoms in total. The zero-order chi connectivity index (χ0) is 16.8. The first-order chi connectivity index (χ1) is 11.7. The highest BCUT2D eigenvalue weighted by Crippen LogP contribution is 2.16. The van der Waals surface area contributed by atoms with Crippen LogP contribution in [0, 0.1) is 0 Å². The van der Waals surface area contributed by atoms with E-state index in [0.29, 0.717) is 23.9 Å². The fraction of sp³-hybridized carbons (Fsp3) is 0.438. The lowest BCUT2D eigenvalue weighted by Crippen LogP contribution is -2.44. The second kappa shape index (κ2) is 8.12. The van der Waals surface area contributed by atoms with Crippen LogP contribution in [0.1, 0.15) is 12.2 Å². The molecule has 1 aromatic carbocycles. The first kappa shape index (κ1) is 16.7. The van der Waals surface area contributed by atoms with Gasteiger partial charge in [0.1, 0.15) is 24.5 Å². The van der Waals surface area contributed by atoms with E-state index in [2.05, 4.69) is 20.7 Å². The van der Waals surface area contributed by atoms with Gasteiger partial charge in [-0.05, 0) is 24.6 Å². The molecule has 0 fully saturated rings. The van der Waals surface area contributed by atoms with Crippen LogP contribution in [0.4, 0.5) is 0 Å². The van der Waals surface area contributed by atoms with E-state index in [1.165, 1.54) is 0 Å². The van der Waals surface area contributed by atoms with Gasteiger partial charge in [-0.25, -0.2) is 9.67 Å². The molecule has 2 aromatic rings. The predicted molar refractivity (Wildman–Crippen MR) is 90.1 cm³/mol. The highest BCUT2D eigenvalue weighted by Gasteiger charge is 2.19. The van der Waals surface area contributed by atoms with Gasteiger partial charge in [0.15, 0.2) is 0 Å². The monoisotopic (exact) mass is 349 g/mol. The maximum atomic E-state index is 11.9. The van der Waals surface area contributed by atoms with Gasteiger partial charge in [0.05, 0.1) is 19.6 Å². The number of hydrogen-bond acceptors (Lipinski definition) is 5. The number of hydrogen-bond donors (Lipinski definition) is 2. The fourth-order valence-corrected chi connectivity index (χ4v) is 2.80. The van der Waals surface area contributed by atoms with Crippen molar-refractivity contribution < 1.29 is 9.53 Å². The molecule has 1 aliphatic rings. The third kappa shape index (κ3) is 4.69. The highest BCUT2D eigenvalue weighted by molar-refractivity contribution is 6.30. The molecule has 0 unspecified atom stereocenters. The van der Waals surface area contributed by atoms with Crippen molar-refractivity contribution in [1.82, 2.24) is 25.4 Å². The van der Waals surface area contributed by atoms with Crippen molar-refractivity contribution >= 4 is 17.5 Å². The number of benzene rings is 1. The van der Waals surface area contributed by atoms with Crippen molar-refractivity contribution in [2.45, 2.75) is 25.4 Å². The normalized spacial score (nSPS) is 16.5. The van der Waals surface area contributed by atoms with Crippen LogP contribution in [0.15, 0.2) is 30.6 Å². The standard InChI is InChI=1S/C16H20ClN5O2/c17-12-2-1-3-14(8-12)24-7-6-18-16(23)9-19-13-4-5-15-20-11-21-22(15)10-13/h1-3,8,11,13,19H,4-7,9-10H2,(H,18,23)/t13-/m1/s1. The molecule has 1 aliphatic heterocycles. The summed E-state index contributed by atoms with van der Waals surface area (Å²) in [6.45, 7) is 1.88. The first-order valence-electron chi connectivity index (χ1n) is 7.96. The molecule has 2 N–H and O–H groups in total. The summed E-state index contributed by atoms with van der Waals surface area (Å²) in [5.74, 6) is 1.66. The number of aromatic nitrogens is 3. The maximum Gasteiger partial charge on any atom is 0.234 e. The minimum absolute atomic E-state index is 0.0471. The molecule has 1 aromatic heterocycles. The quantitative estimate of drug-likeness (QED) is 0.730. The average Bonchev–Trinajstić information content (AvgIpc) is 3.05. The van der Waals surface area contributed by atoms with Gasteiger partial charge in [-0.3, -0.25) is 4.79 Å². The van der Waals surface area contributed by atoms with Crippen LogP contribution in [0.2, 0.25) is 5.02 Å². The van der Waals surface area contributed by atoms with E-state index in [9.17, 15) is 4.79 Å². The van der Waals surface area contributed by atoms with Gasteiger partial charge in [-0.15, -0.1) is 0 Å². The summed E-state index contributed by atoms with van der Waals surface area (Å²) in [6.07, 6.45) is 3.42. The van der Waals surface area contributed by atoms with Crippen LogP contribution < -0.4 is 15.4 Å². The number of rotatable bonds is 7. The number of aryl methyl sites for hydroxylation is 1. The molecule has 1 atom stereocenters. The van der Waals surface area contributed by atoms with E-state index in [1.54, 1.807) is 18.5 Å². The number of nitrogens with one attached hydrogen (secondary N) is 2. The summed E-state index contributed by atoms with van der Waals surface area (Å²) < 4.78 is 7.41. The zero-order valence-electron chi connectivity index (χ0n) is 13.2. The molecule has 0 aliphatic carbocycles. The minimum atomic E-state index is -0.0471. The molecule has 24 heavy (non-hydrogen) atoms. The smallest absolute Gasteiger partial charge is 0.234 e. The molecule has 0 saturated heterocycles. The van der Waals surface area contributed by atoms with Crippen molar-refractivity contribution in [2.24, 2.45) is 0 Å². The molecule has 1 amide bonds. The number of carbonyl (C=O) groups excluding carboxylic acids is 1. The zero-order valence-corrected chi connectivity index (χ0v) is 14.0. The van der Waals surface area contributed by atoms with Gasteiger partial charge in [0, 0.05) is 17.5 Å². The Morgan fingerprint density at radius 1 is 1.46 bits per heavy atom. The van der Waals surface area contributed by atoms with Crippen LogP contribution in [0.5, 0.6) is 5.75 Å². The van der Waals surface area contributed by atoms with E-state index >= 15 is 0 Å². The van der Waals surface area contributed by atoms with Gasteiger partial charge < -0.3 is 15.4 Å². The second-order valence-electron chi connectivity index (χ2n) is 5.63. The third-order valence-electron chi connectivity index (χ3n) is 3.85. The molecule has 3 rings (SSSR count). The van der Waals surface area contributed by atoms with E-state index in [-0.39, 0.29) is 18.5 Å². The van der Waals surface area contributed by atoms with Gasteiger partial charge in [-0.1, -0.05) is 17.7 Å². The lowest BCUT2D eigenvalue weighted by atomic mass is 10.1. The molecule has 128 valence electrons. The Kier molecular flexibility index (Phi) is 5.66. The molecule has 0 saturated carbocycles. The first-order valence-corrected chi connectivity index (χ1v) is 8.33. The molecule has 2 heterocycles. The molecule has 0 radical (unpaired) electrons. The summed E-state index contributed by atoms with van der Waals surface area (Å²) in [7, 11) is 0. The van der Waals surface area contributed by atoms with Crippen LogP contribution in [0.3, 0.4) is 0 Å². The summed E-state index contributed by atoms with van der Waals surface area (Å²) >= 11 is 5.88. The summed E-state index contributed by atoms with van der Waals surface area (Å²) in [5.41, 5.74) is 0. The third-order valence-corrected chi connectivity index (χ3v) is 4.08. The van der Waals surface area contributed by atoms with E-state index in [4.69, 9.17) is 16.3 Å². The molecule has 0 bridgehead atoms. The van der Waals surface area contributed by atoms with Crippen molar-refractivity contribution in [2.75, 3.05) is 19.7 Å². The Morgan fingerprint density at radius 3 is 3.25 bits per heavy atom. The van der Waals surface area contributed by atoms with E-state index < -0.39 is 0 Å². The minimum Gasteiger partial charge on any atom is -0.492 e. The molecular weight excluding hydrogens is 330 g/mol. The molecule has 8 heteroatoms. The maximum absolute atomic E-state index is 11.9. The van der Waals surface area contributed by atoms with Crippen LogP contribution in [-0.2, 0) is 17.8 Å². The summed E-state index contributed by atoms with van der Waals surface area (Å²) in [4.78, 5) is 16.1. The Morgan fingerprint density at radius 2 is 2.38 bits per heavy atom. The van der Waals surface area contributed by atoms with Crippen molar-refractivity contribution in [1.29, 1.82) is 0 Å². The number of carbonyl (C=O) groups is 1. The average molecular weight is 350 g/mol. The van der Waals surface area contributed by atoms with Crippen molar-refractivity contribution in [3.63, 3.8) is 0 Å². The van der Waals surface area contributed by atoms with Crippen LogP contribution >= 0.6 is 11.6 Å². The van der Waals surface area contributed by atoms with Crippen molar-refractivity contribution in [3.8, 4) is 5.75 Å². The van der Waals surface area contributed by atoms with Crippen LogP contribution in [-0.4, -0.2) is 46.4 Å². The topological polar surface area (TPSA) is 81.1 Å². The lowest BCUT2D eigenvalue weighted by molar-refractivity contribution is -0.120. The van der Waals surface area contributed by atoms with Gasteiger partial charge in [0.2, 0.25) is 5.91 Å². The van der Waals surface area contributed by atoms with Crippen molar-refractivity contribution in [3.05, 3.63) is 41.4 Å². The number of halogens is 1. The Balaban J connectivity index is 1.30. The predicted octanol–water partition coefficient (Wildman–Crippen LogP) is 1.03. The molecular formula is C16H20ClN5O2. The molecule has 0 spiro atoms.